The number of fused-ring (bicyclic) bond motifs is 2. The third-order valence-electron chi connectivity index (χ3n) is 7.48. The van der Waals surface area contributed by atoms with Gasteiger partial charge in [-0.3, -0.25) is 0 Å². The fraction of sp³-hybridized carbons (Fsp3) is 0.219. The van der Waals surface area contributed by atoms with Gasteiger partial charge in [0.25, 0.3) is 0 Å². The van der Waals surface area contributed by atoms with Crippen molar-refractivity contribution in [1.29, 1.82) is 0 Å². The number of benzene rings is 3. The fourth-order valence-electron chi connectivity index (χ4n) is 5.34. The molecule has 0 bridgehead atoms. The van der Waals surface area contributed by atoms with Crippen LogP contribution in [-0.4, -0.2) is 59.0 Å². The van der Waals surface area contributed by atoms with Crippen molar-refractivity contribution in [3.63, 3.8) is 0 Å². The molecule has 0 amide bonds. The summed E-state index contributed by atoms with van der Waals surface area (Å²) in [6.07, 6.45) is 0.386. The van der Waals surface area contributed by atoms with Gasteiger partial charge in [0, 0.05) is 22.6 Å². The Morgan fingerprint density at radius 2 is 1.59 bits per heavy atom. The van der Waals surface area contributed by atoms with Crippen LogP contribution in [-0.2, 0) is 20.2 Å². The first kappa shape index (κ1) is 26.0. The van der Waals surface area contributed by atoms with Crippen molar-refractivity contribution >= 4 is 27.4 Å². The maximum atomic E-state index is 15.1. The van der Waals surface area contributed by atoms with E-state index in [9.17, 15) is 5.11 Å². The first-order chi connectivity index (χ1) is 20.0. The minimum atomic E-state index is -0.648. The van der Waals surface area contributed by atoms with Crippen LogP contribution in [0.1, 0.15) is 0 Å². The fourth-order valence-corrected chi connectivity index (χ4v) is 6.44. The van der Waals surface area contributed by atoms with Crippen LogP contribution < -0.4 is 4.74 Å². The maximum absolute atomic E-state index is 15.1. The van der Waals surface area contributed by atoms with Crippen LogP contribution in [0.2, 0.25) is 0 Å². The van der Waals surface area contributed by atoms with Gasteiger partial charge in [0.1, 0.15) is 24.0 Å². The second kappa shape index (κ2) is 10.8. The number of rotatable bonds is 6. The molecule has 9 heteroatoms. The number of ether oxygens (including phenoxy) is 3. The maximum Gasteiger partial charge on any atom is 0.193 e. The number of pyridine rings is 1. The quantitative estimate of drug-likeness (QED) is 0.259. The molecular formula is C32H28FN3O4S. The monoisotopic (exact) mass is 569 g/mol. The number of nitrogens with one attached hydrogen (secondary N) is 1. The molecule has 7 rings (SSSR count). The predicted octanol–water partition coefficient (Wildman–Crippen LogP) is 6.06. The van der Waals surface area contributed by atoms with Crippen molar-refractivity contribution in [1.82, 2.24) is 9.97 Å². The molecule has 2 aromatic heterocycles. The summed E-state index contributed by atoms with van der Waals surface area (Å²) >= 11 is 0. The zero-order valence-corrected chi connectivity index (χ0v) is 23.1. The first-order valence-corrected chi connectivity index (χ1v) is 15.0. The highest BCUT2D eigenvalue weighted by molar-refractivity contribution is 7.86. The Morgan fingerprint density at radius 3 is 2.34 bits per heavy atom. The number of nitrogens with zero attached hydrogens (tertiary/aromatic N) is 2. The Labute approximate surface area is 239 Å². The number of aliphatic hydroxyl groups excluding tert-OH is 1. The van der Waals surface area contributed by atoms with E-state index in [4.69, 9.17) is 18.6 Å². The van der Waals surface area contributed by atoms with Crippen LogP contribution in [0.15, 0.2) is 100 Å². The standard InChI is InChI=1S/C32H28FN3O4S/c1-41(23-5-3-2-4-6-23)36-22-13-11-20(12-14-22)19-7-9-21(10-8-19)30-24(33)15-25-26(35-30)16-29(34-25)40-28-18-39-31-27(37)17-38-32(28)31/h2-16,27-28,31-32,34,37H,17-18H2,1H3/t27?,28?,31-,32-,41-/m1/s1. The molecule has 0 radical (unpaired) electrons. The Kier molecular flexibility index (Phi) is 6.88. The lowest BCUT2D eigenvalue weighted by Gasteiger charge is -2.16. The van der Waals surface area contributed by atoms with Gasteiger partial charge in [-0.2, -0.15) is 0 Å². The second-order valence-electron chi connectivity index (χ2n) is 10.2. The molecule has 2 unspecified atom stereocenters. The third kappa shape index (κ3) is 5.17. The molecule has 2 fully saturated rings. The van der Waals surface area contributed by atoms with Gasteiger partial charge < -0.3 is 24.3 Å². The van der Waals surface area contributed by atoms with Gasteiger partial charge >= 0.3 is 0 Å². The van der Waals surface area contributed by atoms with Crippen LogP contribution in [0.4, 0.5) is 10.1 Å². The molecule has 2 saturated heterocycles. The van der Waals surface area contributed by atoms with Gasteiger partial charge in [0.2, 0.25) is 0 Å². The van der Waals surface area contributed by atoms with E-state index in [-0.39, 0.29) is 41.3 Å². The van der Waals surface area contributed by atoms with Gasteiger partial charge in [0.15, 0.2) is 17.8 Å². The lowest BCUT2D eigenvalue weighted by molar-refractivity contribution is 0.00794. The summed E-state index contributed by atoms with van der Waals surface area (Å²) < 4.78 is 37.3. The van der Waals surface area contributed by atoms with E-state index >= 15 is 4.39 Å². The van der Waals surface area contributed by atoms with Crippen molar-refractivity contribution in [2.24, 2.45) is 4.36 Å². The van der Waals surface area contributed by atoms with E-state index in [0.717, 1.165) is 16.8 Å². The van der Waals surface area contributed by atoms with Crippen LogP contribution in [0, 0.1) is 5.82 Å². The number of H-pyrrole nitrogens is 1. The van der Waals surface area contributed by atoms with E-state index in [0.29, 0.717) is 29.1 Å². The highest BCUT2D eigenvalue weighted by atomic mass is 32.2. The summed E-state index contributed by atoms with van der Waals surface area (Å²) in [5, 5.41) is 9.96. The number of hydrogen-bond donors (Lipinski definition) is 2. The molecule has 5 atom stereocenters. The van der Waals surface area contributed by atoms with Crippen molar-refractivity contribution in [2.45, 2.75) is 29.3 Å². The topological polar surface area (TPSA) is 89.0 Å². The summed E-state index contributed by atoms with van der Waals surface area (Å²) in [6, 6.07) is 29.3. The molecular weight excluding hydrogens is 541 g/mol. The number of aromatic amines is 1. The normalized spacial score (nSPS) is 22.7. The van der Waals surface area contributed by atoms with Crippen LogP contribution in [0.25, 0.3) is 33.4 Å². The summed E-state index contributed by atoms with van der Waals surface area (Å²) in [5.41, 5.74) is 5.09. The van der Waals surface area contributed by atoms with E-state index in [2.05, 4.69) is 40.5 Å². The minimum Gasteiger partial charge on any atom is -0.470 e. The molecule has 0 saturated carbocycles. The van der Waals surface area contributed by atoms with Gasteiger partial charge in [-0.25, -0.2) is 13.7 Å². The van der Waals surface area contributed by atoms with Gasteiger partial charge in [-0.15, -0.1) is 0 Å². The summed E-state index contributed by atoms with van der Waals surface area (Å²) in [6.45, 7) is 0.540. The molecule has 2 aliphatic rings. The van der Waals surface area contributed by atoms with Gasteiger partial charge in [-0.1, -0.05) is 65.3 Å². The number of aliphatic hydroxyl groups is 1. The molecule has 41 heavy (non-hydrogen) atoms. The molecule has 7 nitrogen and oxygen atoms in total. The van der Waals surface area contributed by atoms with Crippen LogP contribution >= 0.6 is 0 Å². The molecule has 0 spiro atoms. The third-order valence-corrected chi connectivity index (χ3v) is 8.92. The van der Waals surface area contributed by atoms with Crippen molar-refractivity contribution < 1.29 is 23.7 Å². The smallest absolute Gasteiger partial charge is 0.193 e. The average molecular weight is 570 g/mol. The van der Waals surface area contributed by atoms with Crippen molar-refractivity contribution in [2.75, 3.05) is 19.5 Å². The first-order valence-electron chi connectivity index (χ1n) is 13.4. The zero-order valence-electron chi connectivity index (χ0n) is 22.2. The van der Waals surface area contributed by atoms with Crippen molar-refractivity contribution in [3.8, 4) is 28.3 Å². The average Bonchev–Trinajstić information content (AvgIpc) is 3.70. The van der Waals surface area contributed by atoms with Crippen LogP contribution in [0.5, 0.6) is 5.88 Å². The summed E-state index contributed by atoms with van der Waals surface area (Å²) in [4.78, 5) is 8.87. The predicted molar refractivity (Wildman–Crippen MR) is 157 cm³/mol. The second-order valence-corrected chi connectivity index (χ2v) is 11.8. The molecule has 2 N–H and O–H groups in total. The lowest BCUT2D eigenvalue weighted by Crippen LogP contribution is -2.34. The summed E-state index contributed by atoms with van der Waals surface area (Å²) in [7, 11) is -0.223. The Balaban J connectivity index is 1.08. The Bertz CT molecular complexity index is 1720. The van der Waals surface area contributed by atoms with Gasteiger partial charge in [-0.05, 0) is 41.6 Å². The number of aromatic nitrogens is 2. The SMILES string of the molecule is C[S@@](=Nc1ccc(-c2ccc(-c3nc4cc(OC5CO[C@@H]6C(O)CO[C@H]56)[nH]c4cc3F)cc2)cc1)c1ccccc1. The Hall–Kier alpha value is -3.89. The minimum absolute atomic E-state index is 0.223. The molecule has 2 aliphatic heterocycles. The summed E-state index contributed by atoms with van der Waals surface area (Å²) in [5.74, 6) is 0.0250. The van der Waals surface area contributed by atoms with E-state index in [1.807, 2.05) is 54.6 Å². The number of hydrogen-bond acceptors (Lipinski definition) is 6. The molecule has 0 aliphatic carbocycles. The Morgan fingerprint density at radius 1 is 0.902 bits per heavy atom. The van der Waals surface area contributed by atoms with Crippen molar-refractivity contribution in [3.05, 3.63) is 96.8 Å². The molecule has 208 valence electrons. The molecule has 4 heterocycles. The largest absolute Gasteiger partial charge is 0.470 e. The highest BCUT2D eigenvalue weighted by Crippen LogP contribution is 2.33. The van der Waals surface area contributed by atoms with Crippen LogP contribution in [0.3, 0.4) is 0 Å². The van der Waals surface area contributed by atoms with E-state index in [1.165, 1.54) is 11.0 Å². The number of halogens is 1. The van der Waals surface area contributed by atoms with Gasteiger partial charge in [0.05, 0.1) is 29.9 Å². The van der Waals surface area contributed by atoms with E-state index < -0.39 is 11.9 Å². The lowest BCUT2D eigenvalue weighted by atomic mass is 10.0. The molecule has 3 aromatic carbocycles. The zero-order chi connectivity index (χ0) is 27.9. The highest BCUT2D eigenvalue weighted by Gasteiger charge is 2.48. The molecule has 5 aromatic rings. The van der Waals surface area contributed by atoms with E-state index in [1.54, 1.807) is 6.07 Å².